The van der Waals surface area contributed by atoms with Gasteiger partial charge in [-0.25, -0.2) is 8.78 Å². The monoisotopic (exact) mass is 161 g/mol. The third-order valence-corrected chi connectivity index (χ3v) is 2.83. The third-order valence-electron chi connectivity index (χ3n) is 2.83. The highest BCUT2D eigenvalue weighted by molar-refractivity contribution is 4.99. The SMILES string of the molecule is FC1(F)C[C@@H]1C1CCNCC1. The van der Waals surface area contributed by atoms with E-state index in [2.05, 4.69) is 5.32 Å². The van der Waals surface area contributed by atoms with Gasteiger partial charge in [0.1, 0.15) is 0 Å². The molecule has 0 aromatic heterocycles. The van der Waals surface area contributed by atoms with E-state index in [4.69, 9.17) is 0 Å². The van der Waals surface area contributed by atoms with Crippen LogP contribution in [0.3, 0.4) is 0 Å². The first-order valence-corrected chi connectivity index (χ1v) is 4.29. The molecule has 0 spiro atoms. The molecule has 0 aromatic rings. The number of rotatable bonds is 1. The Labute approximate surface area is 65.2 Å². The molecule has 3 heteroatoms. The van der Waals surface area contributed by atoms with E-state index in [1.165, 1.54) is 0 Å². The highest BCUT2D eigenvalue weighted by Gasteiger charge is 2.59. The normalized spacial score (nSPS) is 37.1. The second-order valence-corrected chi connectivity index (χ2v) is 3.66. The van der Waals surface area contributed by atoms with Crippen molar-refractivity contribution in [1.29, 1.82) is 0 Å². The van der Waals surface area contributed by atoms with Crippen molar-refractivity contribution in [3.63, 3.8) is 0 Å². The van der Waals surface area contributed by atoms with E-state index in [1.807, 2.05) is 0 Å². The van der Waals surface area contributed by atoms with Crippen molar-refractivity contribution >= 4 is 0 Å². The Balaban J connectivity index is 1.86. The molecule has 0 radical (unpaired) electrons. The van der Waals surface area contributed by atoms with Crippen LogP contribution in [0.4, 0.5) is 8.78 Å². The summed E-state index contributed by atoms with van der Waals surface area (Å²) < 4.78 is 25.1. The Morgan fingerprint density at radius 2 is 1.73 bits per heavy atom. The average molecular weight is 161 g/mol. The lowest BCUT2D eigenvalue weighted by Gasteiger charge is -2.21. The van der Waals surface area contributed by atoms with Crippen LogP contribution in [0.15, 0.2) is 0 Å². The molecule has 0 amide bonds. The first-order valence-electron chi connectivity index (χ1n) is 4.29. The van der Waals surface area contributed by atoms with E-state index in [-0.39, 0.29) is 12.3 Å². The zero-order chi connectivity index (χ0) is 7.90. The first-order chi connectivity index (χ1) is 5.20. The Hall–Kier alpha value is -0.180. The van der Waals surface area contributed by atoms with E-state index in [0.29, 0.717) is 5.92 Å². The van der Waals surface area contributed by atoms with Gasteiger partial charge < -0.3 is 5.32 Å². The summed E-state index contributed by atoms with van der Waals surface area (Å²) in [4.78, 5) is 0. The summed E-state index contributed by atoms with van der Waals surface area (Å²) in [6, 6.07) is 0. The summed E-state index contributed by atoms with van der Waals surface area (Å²) in [6.45, 7) is 1.86. The second-order valence-electron chi connectivity index (χ2n) is 3.66. The topological polar surface area (TPSA) is 12.0 Å². The number of nitrogens with one attached hydrogen (secondary N) is 1. The van der Waals surface area contributed by atoms with E-state index in [0.717, 1.165) is 25.9 Å². The zero-order valence-corrected chi connectivity index (χ0v) is 6.45. The van der Waals surface area contributed by atoms with Crippen LogP contribution >= 0.6 is 0 Å². The van der Waals surface area contributed by atoms with E-state index in [9.17, 15) is 8.78 Å². The first kappa shape index (κ1) is 7.47. The van der Waals surface area contributed by atoms with Gasteiger partial charge in [0.25, 0.3) is 5.92 Å². The van der Waals surface area contributed by atoms with Crippen LogP contribution in [0.5, 0.6) is 0 Å². The predicted octanol–water partition coefficient (Wildman–Crippen LogP) is 1.64. The van der Waals surface area contributed by atoms with Gasteiger partial charge in [-0.1, -0.05) is 0 Å². The van der Waals surface area contributed by atoms with Gasteiger partial charge in [0.2, 0.25) is 0 Å². The standard InChI is InChI=1S/C8H13F2N/c9-8(10)5-7(8)6-1-3-11-4-2-6/h6-7,11H,1-5H2/t7-/m1/s1. The van der Waals surface area contributed by atoms with Gasteiger partial charge in [-0.05, 0) is 31.8 Å². The van der Waals surface area contributed by atoms with Gasteiger partial charge in [-0.2, -0.15) is 0 Å². The molecule has 1 nitrogen and oxygen atoms in total. The molecule has 1 heterocycles. The van der Waals surface area contributed by atoms with E-state index >= 15 is 0 Å². The molecule has 1 saturated carbocycles. The van der Waals surface area contributed by atoms with Crippen molar-refractivity contribution in [3.8, 4) is 0 Å². The molecule has 1 atom stereocenters. The predicted molar refractivity (Wildman–Crippen MR) is 38.6 cm³/mol. The van der Waals surface area contributed by atoms with Crippen molar-refractivity contribution in [2.24, 2.45) is 11.8 Å². The summed E-state index contributed by atoms with van der Waals surface area (Å²) in [7, 11) is 0. The molecule has 0 aromatic carbocycles. The molecule has 1 aliphatic heterocycles. The highest BCUT2D eigenvalue weighted by Crippen LogP contribution is 2.54. The Morgan fingerprint density at radius 3 is 2.18 bits per heavy atom. The minimum atomic E-state index is -2.30. The molecule has 2 aliphatic rings. The molecule has 2 fully saturated rings. The molecule has 0 bridgehead atoms. The van der Waals surface area contributed by atoms with Crippen LogP contribution in [-0.2, 0) is 0 Å². The lowest BCUT2D eigenvalue weighted by atomic mass is 9.93. The summed E-state index contributed by atoms with van der Waals surface area (Å²) in [6.07, 6.45) is 2.04. The average Bonchev–Trinajstić information content (AvgIpc) is 2.62. The molecule has 11 heavy (non-hydrogen) atoms. The van der Waals surface area contributed by atoms with Crippen molar-refractivity contribution in [3.05, 3.63) is 0 Å². The van der Waals surface area contributed by atoms with Gasteiger partial charge in [0, 0.05) is 12.3 Å². The van der Waals surface area contributed by atoms with Crippen molar-refractivity contribution in [1.82, 2.24) is 5.32 Å². The number of alkyl halides is 2. The summed E-state index contributed by atoms with van der Waals surface area (Å²) >= 11 is 0. The van der Waals surface area contributed by atoms with Gasteiger partial charge >= 0.3 is 0 Å². The Kier molecular flexibility index (Phi) is 1.63. The van der Waals surface area contributed by atoms with Crippen molar-refractivity contribution < 1.29 is 8.78 Å². The Bertz CT molecular complexity index is 152. The van der Waals surface area contributed by atoms with Crippen molar-refractivity contribution in [2.45, 2.75) is 25.2 Å². The lowest BCUT2D eigenvalue weighted by molar-refractivity contribution is 0.0794. The lowest BCUT2D eigenvalue weighted by Crippen LogP contribution is -2.29. The van der Waals surface area contributed by atoms with Crippen LogP contribution in [0, 0.1) is 11.8 Å². The number of hydrogen-bond acceptors (Lipinski definition) is 1. The summed E-state index contributed by atoms with van der Waals surface area (Å²) in [5.41, 5.74) is 0. The maximum Gasteiger partial charge on any atom is 0.251 e. The molecule has 64 valence electrons. The van der Waals surface area contributed by atoms with Gasteiger partial charge in [-0.3, -0.25) is 0 Å². The summed E-state index contributed by atoms with van der Waals surface area (Å²) in [5.74, 6) is -2.28. The minimum Gasteiger partial charge on any atom is -0.317 e. The van der Waals surface area contributed by atoms with Crippen molar-refractivity contribution in [2.75, 3.05) is 13.1 Å². The fourth-order valence-corrected chi connectivity index (χ4v) is 1.99. The van der Waals surface area contributed by atoms with Crippen LogP contribution < -0.4 is 5.32 Å². The number of piperidine rings is 1. The maximum atomic E-state index is 12.6. The molecule has 1 N–H and O–H groups in total. The molecule has 1 aliphatic carbocycles. The fraction of sp³-hybridized carbons (Fsp3) is 1.00. The van der Waals surface area contributed by atoms with Crippen LogP contribution in [0.25, 0.3) is 0 Å². The van der Waals surface area contributed by atoms with Gasteiger partial charge in [-0.15, -0.1) is 0 Å². The smallest absolute Gasteiger partial charge is 0.251 e. The second kappa shape index (κ2) is 2.41. The van der Waals surface area contributed by atoms with Crippen LogP contribution in [0.2, 0.25) is 0 Å². The van der Waals surface area contributed by atoms with Crippen LogP contribution in [0.1, 0.15) is 19.3 Å². The molecule has 1 saturated heterocycles. The molecular weight excluding hydrogens is 148 g/mol. The number of hydrogen-bond donors (Lipinski definition) is 1. The fourth-order valence-electron chi connectivity index (χ4n) is 1.99. The maximum absolute atomic E-state index is 12.6. The molecule has 0 unspecified atom stereocenters. The molecule has 2 rings (SSSR count). The minimum absolute atomic E-state index is 0.150. The molecular formula is C8H13F2N. The Morgan fingerprint density at radius 1 is 1.18 bits per heavy atom. The highest BCUT2D eigenvalue weighted by atomic mass is 19.3. The van der Waals surface area contributed by atoms with E-state index in [1.54, 1.807) is 0 Å². The third kappa shape index (κ3) is 1.39. The van der Waals surface area contributed by atoms with Gasteiger partial charge in [0.05, 0.1) is 0 Å². The summed E-state index contributed by atoms with van der Waals surface area (Å²) in [5, 5.41) is 3.18. The zero-order valence-electron chi connectivity index (χ0n) is 6.45. The van der Waals surface area contributed by atoms with E-state index < -0.39 is 5.92 Å². The van der Waals surface area contributed by atoms with Gasteiger partial charge in [0.15, 0.2) is 0 Å². The largest absolute Gasteiger partial charge is 0.317 e. The quantitative estimate of drug-likeness (QED) is 0.616. The van der Waals surface area contributed by atoms with Crippen LogP contribution in [-0.4, -0.2) is 19.0 Å². The number of halogens is 2.